The van der Waals surface area contributed by atoms with Gasteiger partial charge in [0, 0.05) is 12.8 Å². The van der Waals surface area contributed by atoms with Gasteiger partial charge in [-0.05, 0) is 77.0 Å². The molecule has 1 aliphatic rings. The Morgan fingerprint density at radius 3 is 1.57 bits per heavy atom. The van der Waals surface area contributed by atoms with Crippen molar-refractivity contribution in [1.29, 1.82) is 0 Å². The zero-order chi connectivity index (χ0) is 49.5. The minimum atomic E-state index is -5.21. The number of phosphoric acid groups is 1. The van der Waals surface area contributed by atoms with Gasteiger partial charge in [0.15, 0.2) is 6.10 Å². The predicted octanol–water partition coefficient (Wildman–Crippen LogP) is 7.55. The summed E-state index contributed by atoms with van der Waals surface area (Å²) in [7, 11) is -5.21. The summed E-state index contributed by atoms with van der Waals surface area (Å²) in [6.45, 7) is 2.92. The van der Waals surface area contributed by atoms with E-state index in [4.69, 9.17) is 18.5 Å². The number of rotatable bonds is 37. The Balaban J connectivity index is 2.63. The molecule has 0 aliphatic heterocycles. The van der Waals surface area contributed by atoms with Crippen LogP contribution in [-0.4, -0.2) is 121 Å². The fraction of sp³-hybridized carbons (Fsp3) is 0.608. The quantitative estimate of drug-likeness (QED) is 0.00984. The van der Waals surface area contributed by atoms with Gasteiger partial charge >= 0.3 is 19.8 Å². The van der Waals surface area contributed by atoms with E-state index in [2.05, 4.69) is 56.4 Å². The van der Waals surface area contributed by atoms with Crippen LogP contribution in [0.1, 0.15) is 129 Å². The molecule has 0 aromatic rings. The molecule has 0 saturated heterocycles. The Morgan fingerprint density at radius 1 is 0.552 bits per heavy atom. The summed E-state index contributed by atoms with van der Waals surface area (Å²) in [5.41, 5.74) is 0. The van der Waals surface area contributed by atoms with Crippen molar-refractivity contribution in [1.82, 2.24) is 0 Å². The minimum absolute atomic E-state index is 0.0862. The number of aliphatic hydroxyl groups is 7. The molecule has 15 nitrogen and oxygen atoms in total. The number of hydrogen-bond donors (Lipinski definition) is 8. The first-order valence-electron chi connectivity index (χ1n) is 23.9. The van der Waals surface area contributed by atoms with Gasteiger partial charge in [0.05, 0.1) is 18.8 Å². The SMILES string of the molecule is CCCCC/C=C\C/C=C\C/C=C\C/C=C\C/C=C\CCC(=O)O[C@H](COC(=O)CCC[C@H](O)\C=C/C=C/C=C/[C@H](O)C/C=C\CCCCC)COP(=O)(O)OC1[C@H](O)[C@H](O)C(O)[C@H](O)[C@H]1O. The van der Waals surface area contributed by atoms with Crippen LogP contribution < -0.4 is 0 Å². The van der Waals surface area contributed by atoms with E-state index < -0.39 is 87.9 Å². The lowest BCUT2D eigenvalue weighted by Gasteiger charge is -2.41. The number of esters is 2. The zero-order valence-electron chi connectivity index (χ0n) is 39.6. The largest absolute Gasteiger partial charge is 0.472 e. The molecule has 0 bridgehead atoms. The monoisotopic (exact) mass is 965 g/mol. The van der Waals surface area contributed by atoms with E-state index in [1.807, 2.05) is 24.3 Å². The van der Waals surface area contributed by atoms with Crippen molar-refractivity contribution < 1.29 is 73.3 Å². The number of allylic oxidation sites excluding steroid dienone is 15. The van der Waals surface area contributed by atoms with Gasteiger partial charge in [0.1, 0.15) is 43.2 Å². The molecular formula is C51H81O15P. The molecule has 0 heterocycles. The molecule has 1 fully saturated rings. The Hall–Kier alpha value is -3.57. The number of aliphatic hydroxyl groups excluding tert-OH is 7. The minimum Gasteiger partial charge on any atom is -0.462 e. The Kier molecular flexibility index (Phi) is 36.0. The van der Waals surface area contributed by atoms with Crippen LogP contribution in [0.2, 0.25) is 0 Å². The van der Waals surface area contributed by atoms with Crippen LogP contribution in [0.5, 0.6) is 0 Å². The molecule has 16 heteroatoms. The van der Waals surface area contributed by atoms with Crippen LogP contribution in [0.15, 0.2) is 109 Å². The van der Waals surface area contributed by atoms with Crippen LogP contribution in [0.3, 0.4) is 0 Å². The average Bonchev–Trinajstić information content (AvgIpc) is 3.30. The molecule has 1 rings (SSSR count). The number of carbonyl (C=O) groups excluding carboxylic acids is 2. The summed E-state index contributed by atoms with van der Waals surface area (Å²) < 4.78 is 33.3. The van der Waals surface area contributed by atoms with E-state index in [1.165, 1.54) is 32.1 Å². The lowest BCUT2D eigenvalue weighted by Crippen LogP contribution is -2.64. The number of ether oxygens (including phenoxy) is 2. The van der Waals surface area contributed by atoms with Crippen LogP contribution in [-0.2, 0) is 32.7 Å². The smallest absolute Gasteiger partial charge is 0.462 e. The number of carbonyl (C=O) groups is 2. The van der Waals surface area contributed by atoms with Gasteiger partial charge in [0.2, 0.25) is 0 Å². The third-order valence-electron chi connectivity index (χ3n) is 10.3. The lowest BCUT2D eigenvalue weighted by molar-refractivity contribution is -0.220. The summed E-state index contributed by atoms with van der Waals surface area (Å²) in [6, 6.07) is 0. The molecule has 380 valence electrons. The molecule has 67 heavy (non-hydrogen) atoms. The van der Waals surface area contributed by atoms with Crippen LogP contribution in [0, 0.1) is 0 Å². The third-order valence-corrected chi connectivity index (χ3v) is 11.3. The van der Waals surface area contributed by atoms with E-state index in [9.17, 15) is 54.8 Å². The normalized spacial score (nSPS) is 23.1. The maximum Gasteiger partial charge on any atom is 0.472 e. The molecule has 0 radical (unpaired) electrons. The van der Waals surface area contributed by atoms with Gasteiger partial charge in [-0.1, -0.05) is 149 Å². The predicted molar refractivity (Wildman–Crippen MR) is 260 cm³/mol. The topological polar surface area (TPSA) is 250 Å². The summed E-state index contributed by atoms with van der Waals surface area (Å²) in [6.07, 6.45) is 33.4. The van der Waals surface area contributed by atoms with Gasteiger partial charge in [-0.15, -0.1) is 0 Å². The van der Waals surface area contributed by atoms with E-state index in [1.54, 1.807) is 42.5 Å². The number of hydrogen-bond acceptors (Lipinski definition) is 14. The molecule has 0 amide bonds. The summed E-state index contributed by atoms with van der Waals surface area (Å²) in [5.74, 6) is -1.45. The molecule has 10 atom stereocenters. The fourth-order valence-electron chi connectivity index (χ4n) is 6.34. The second kappa shape index (κ2) is 39.3. The molecule has 0 spiro atoms. The molecule has 1 aliphatic carbocycles. The first kappa shape index (κ1) is 61.4. The second-order valence-corrected chi connectivity index (χ2v) is 17.7. The van der Waals surface area contributed by atoms with E-state index in [0.29, 0.717) is 19.3 Å². The standard InChI is InChI=1S/C51H81O15P/c1-3-5-7-9-11-12-13-14-15-16-17-18-19-20-21-22-23-25-31-37-45(55)65-43(40-64-67(61,62)66-51-49(59)47(57)46(56)48(58)50(51)60)39-63-44(54)38-32-36-42(53)35-30-27-26-29-34-41(52)33-28-24-10-8-6-4-2/h11-12,14-15,17-18,20-21,23-30,34-35,41-43,46-53,56-60H,3-10,13,16,19,22,31-33,36-40H2,1-2H3,(H,61,62)/b12-11-,15-14-,18-17-,21-20-,25-23-,27-26+,28-24-,34-29+,35-30-/t41-,42-,43-,46?,47-,48+,49-,50-,51?/m1/s1. The van der Waals surface area contributed by atoms with Gasteiger partial charge in [-0.2, -0.15) is 0 Å². The zero-order valence-corrected chi connectivity index (χ0v) is 40.5. The first-order chi connectivity index (χ1) is 32.2. The Labute approximate surface area is 398 Å². The molecule has 0 aromatic heterocycles. The highest BCUT2D eigenvalue weighted by atomic mass is 31.2. The molecule has 3 unspecified atom stereocenters. The van der Waals surface area contributed by atoms with Crippen molar-refractivity contribution >= 4 is 19.8 Å². The van der Waals surface area contributed by atoms with Gasteiger partial charge in [-0.3, -0.25) is 18.6 Å². The molecule has 8 N–H and O–H groups in total. The second-order valence-electron chi connectivity index (χ2n) is 16.3. The Bertz CT molecular complexity index is 1620. The average molecular weight is 965 g/mol. The third kappa shape index (κ3) is 32.0. The van der Waals surface area contributed by atoms with Crippen molar-refractivity contribution in [2.45, 2.75) is 184 Å². The summed E-state index contributed by atoms with van der Waals surface area (Å²) in [4.78, 5) is 35.7. The van der Waals surface area contributed by atoms with Crippen molar-refractivity contribution in [2.75, 3.05) is 13.2 Å². The highest BCUT2D eigenvalue weighted by molar-refractivity contribution is 7.47. The lowest BCUT2D eigenvalue weighted by atomic mass is 9.85. The number of unbranched alkanes of at least 4 members (excludes halogenated alkanes) is 6. The van der Waals surface area contributed by atoms with E-state index in [0.717, 1.165) is 38.5 Å². The maximum absolute atomic E-state index is 12.8. The van der Waals surface area contributed by atoms with Crippen molar-refractivity contribution in [3.63, 3.8) is 0 Å². The highest BCUT2D eigenvalue weighted by Crippen LogP contribution is 2.47. The molecule has 0 aromatic carbocycles. The Morgan fingerprint density at radius 2 is 1.03 bits per heavy atom. The van der Waals surface area contributed by atoms with Crippen LogP contribution in [0.4, 0.5) is 0 Å². The van der Waals surface area contributed by atoms with Gasteiger partial charge in [0.25, 0.3) is 0 Å². The van der Waals surface area contributed by atoms with Crippen LogP contribution >= 0.6 is 7.82 Å². The van der Waals surface area contributed by atoms with Crippen molar-refractivity contribution in [3.8, 4) is 0 Å². The van der Waals surface area contributed by atoms with Gasteiger partial charge < -0.3 is 50.1 Å². The fourth-order valence-corrected chi connectivity index (χ4v) is 7.32. The van der Waals surface area contributed by atoms with E-state index >= 15 is 0 Å². The highest BCUT2D eigenvalue weighted by Gasteiger charge is 2.51. The molecule has 1 saturated carbocycles. The van der Waals surface area contributed by atoms with E-state index in [-0.39, 0.29) is 25.7 Å². The summed E-state index contributed by atoms with van der Waals surface area (Å²) in [5, 5.41) is 70.5. The summed E-state index contributed by atoms with van der Waals surface area (Å²) >= 11 is 0. The maximum atomic E-state index is 12.8. The van der Waals surface area contributed by atoms with Gasteiger partial charge in [-0.25, -0.2) is 4.57 Å². The van der Waals surface area contributed by atoms with Crippen molar-refractivity contribution in [3.05, 3.63) is 109 Å². The number of phosphoric ester groups is 1. The van der Waals surface area contributed by atoms with Crippen molar-refractivity contribution in [2.24, 2.45) is 0 Å². The first-order valence-corrected chi connectivity index (χ1v) is 25.4. The molecular weight excluding hydrogens is 884 g/mol. The van der Waals surface area contributed by atoms with Crippen LogP contribution in [0.25, 0.3) is 0 Å².